The number of nitrogens with zero attached hydrogens (tertiary/aromatic N) is 4. The number of aliphatic hydroxyl groups excluding tert-OH is 1. The molecule has 1 N–H and O–H groups in total. The monoisotopic (exact) mass is 508 g/mol. The number of piperazine rings is 1. The number of hydrogen-bond donors (Lipinski definition) is 1. The third-order valence-corrected chi connectivity index (χ3v) is 10.9. The van der Waals surface area contributed by atoms with Crippen LogP contribution in [0.4, 0.5) is 5.82 Å². The lowest BCUT2D eigenvalue weighted by Gasteiger charge is -2.40. The van der Waals surface area contributed by atoms with Crippen LogP contribution >= 0.6 is 11.5 Å². The Morgan fingerprint density at radius 3 is 2.44 bits per heavy atom. The topological polar surface area (TPSA) is 77.0 Å². The quantitative estimate of drug-likeness (QED) is 0.625. The largest absolute Gasteiger partial charge is 0.393 e. The van der Waals surface area contributed by atoms with E-state index in [0.29, 0.717) is 24.8 Å². The second-order valence-electron chi connectivity index (χ2n) is 11.9. The average Bonchev–Trinajstić information content (AvgIpc) is 3.64. The van der Waals surface area contributed by atoms with E-state index in [1.54, 1.807) is 16.4 Å². The van der Waals surface area contributed by atoms with Gasteiger partial charge in [0.05, 0.1) is 22.6 Å². The molecule has 7 rings (SSSR count). The molecule has 2 aliphatic heterocycles. The van der Waals surface area contributed by atoms with Crippen molar-refractivity contribution in [2.75, 3.05) is 44.2 Å². The predicted octanol–water partition coefficient (Wildman–Crippen LogP) is 3.23. The number of anilines is 1. The predicted molar refractivity (Wildman–Crippen MR) is 140 cm³/mol. The third-order valence-electron chi connectivity index (χ3n) is 10.1. The zero-order valence-corrected chi connectivity index (χ0v) is 21.6. The molecule has 0 spiro atoms. The van der Waals surface area contributed by atoms with Crippen molar-refractivity contribution in [2.45, 2.75) is 44.6 Å². The first-order chi connectivity index (χ1) is 17.6. The van der Waals surface area contributed by atoms with Gasteiger partial charge in [0, 0.05) is 44.7 Å². The number of benzene rings is 1. The second-order valence-corrected chi connectivity index (χ2v) is 12.7. The van der Waals surface area contributed by atoms with E-state index in [9.17, 15) is 14.7 Å². The molecular weight excluding hydrogens is 472 g/mol. The smallest absolute Gasteiger partial charge is 0.233 e. The van der Waals surface area contributed by atoms with Gasteiger partial charge in [-0.1, -0.05) is 25.0 Å². The molecule has 36 heavy (non-hydrogen) atoms. The minimum atomic E-state index is -0.392. The molecule has 8 heteroatoms. The molecule has 7 atom stereocenters. The number of carbonyl (C=O) groups excluding carboxylic acids is 2. The number of hydrogen-bond acceptors (Lipinski definition) is 7. The van der Waals surface area contributed by atoms with Gasteiger partial charge in [0.15, 0.2) is 0 Å². The van der Waals surface area contributed by atoms with Crippen LogP contribution in [0.5, 0.6) is 0 Å². The van der Waals surface area contributed by atoms with Crippen molar-refractivity contribution >= 4 is 39.3 Å². The van der Waals surface area contributed by atoms with Crippen LogP contribution in [0.15, 0.2) is 24.3 Å². The van der Waals surface area contributed by atoms with Crippen molar-refractivity contribution in [3.8, 4) is 0 Å². The van der Waals surface area contributed by atoms with Crippen LogP contribution in [-0.4, -0.2) is 76.5 Å². The fraction of sp³-hybridized carbons (Fsp3) is 0.679. The highest BCUT2D eigenvalue weighted by Gasteiger charge is 2.63. The van der Waals surface area contributed by atoms with E-state index in [2.05, 4.69) is 34.1 Å². The highest BCUT2D eigenvalue weighted by molar-refractivity contribution is 7.13. The number of amides is 2. The normalized spacial score (nSPS) is 36.9. The Kier molecular flexibility index (Phi) is 5.82. The van der Waals surface area contributed by atoms with Crippen molar-refractivity contribution in [3.63, 3.8) is 0 Å². The zero-order chi connectivity index (χ0) is 24.4. The van der Waals surface area contributed by atoms with Crippen LogP contribution in [0.1, 0.15) is 38.5 Å². The molecule has 3 aliphatic carbocycles. The fourth-order valence-corrected chi connectivity index (χ4v) is 9.04. The van der Waals surface area contributed by atoms with E-state index >= 15 is 0 Å². The molecule has 0 unspecified atom stereocenters. The summed E-state index contributed by atoms with van der Waals surface area (Å²) in [5.41, 5.74) is 0. The third kappa shape index (κ3) is 3.71. The van der Waals surface area contributed by atoms with Gasteiger partial charge < -0.3 is 10.0 Å². The number of aromatic nitrogens is 1. The first kappa shape index (κ1) is 23.1. The summed E-state index contributed by atoms with van der Waals surface area (Å²) in [7, 11) is 0. The molecule has 1 aromatic carbocycles. The molecule has 3 heterocycles. The highest BCUT2D eigenvalue weighted by atomic mass is 32.1. The zero-order valence-electron chi connectivity index (χ0n) is 20.8. The molecule has 2 aromatic rings. The van der Waals surface area contributed by atoms with Crippen LogP contribution in [0, 0.1) is 35.5 Å². The number of likely N-dealkylation sites (tertiary alicyclic amines) is 1. The van der Waals surface area contributed by atoms with Gasteiger partial charge in [0.25, 0.3) is 0 Å². The summed E-state index contributed by atoms with van der Waals surface area (Å²) < 4.78 is 6.00. The lowest BCUT2D eigenvalue weighted by Crippen LogP contribution is -2.49. The van der Waals surface area contributed by atoms with E-state index in [-0.39, 0.29) is 35.5 Å². The number of carbonyl (C=O) groups is 2. The van der Waals surface area contributed by atoms with Gasteiger partial charge >= 0.3 is 0 Å². The number of imide groups is 1. The van der Waals surface area contributed by atoms with Crippen LogP contribution in [0.2, 0.25) is 0 Å². The molecule has 2 saturated heterocycles. The van der Waals surface area contributed by atoms with Crippen LogP contribution in [0.25, 0.3) is 10.1 Å². The SMILES string of the molecule is O=C1[C@@H]2[C@H]3C[C@H](C[C@@H]3O)[C@@H]2C(=O)N1C[C@@H]1CCCC[C@H]1CN1CCN(c2nsc3ccccc23)CC1. The molecular formula is C28H36N4O3S. The maximum Gasteiger partial charge on any atom is 0.233 e. The average molecular weight is 509 g/mol. The molecule has 7 nitrogen and oxygen atoms in total. The molecule has 1 aromatic heterocycles. The summed E-state index contributed by atoms with van der Waals surface area (Å²) in [6, 6.07) is 8.49. The maximum absolute atomic E-state index is 13.3. The van der Waals surface area contributed by atoms with Crippen LogP contribution in [0.3, 0.4) is 0 Å². The Labute approximate surface area is 216 Å². The van der Waals surface area contributed by atoms with Crippen molar-refractivity contribution in [1.82, 2.24) is 14.2 Å². The van der Waals surface area contributed by atoms with E-state index in [4.69, 9.17) is 4.37 Å². The highest BCUT2D eigenvalue weighted by Crippen LogP contribution is 2.56. The van der Waals surface area contributed by atoms with Gasteiger partial charge in [-0.05, 0) is 73.0 Å². The van der Waals surface area contributed by atoms with E-state index in [0.717, 1.165) is 51.4 Å². The summed E-state index contributed by atoms with van der Waals surface area (Å²) in [5, 5.41) is 11.6. The molecule has 192 valence electrons. The Balaban J connectivity index is 0.988. The Bertz CT molecular complexity index is 1160. The molecule has 2 bridgehead atoms. The van der Waals surface area contributed by atoms with Gasteiger partial charge in [-0.15, -0.1) is 0 Å². The van der Waals surface area contributed by atoms with Gasteiger partial charge in [-0.25, -0.2) is 0 Å². The summed E-state index contributed by atoms with van der Waals surface area (Å²) >= 11 is 1.58. The minimum Gasteiger partial charge on any atom is -0.393 e. The number of fused-ring (bicyclic) bond motifs is 6. The van der Waals surface area contributed by atoms with E-state index in [1.165, 1.54) is 29.3 Å². The van der Waals surface area contributed by atoms with Crippen molar-refractivity contribution in [3.05, 3.63) is 24.3 Å². The molecule has 0 radical (unpaired) electrons. The Morgan fingerprint density at radius 1 is 0.917 bits per heavy atom. The van der Waals surface area contributed by atoms with Gasteiger partial charge in [0.2, 0.25) is 11.8 Å². The first-order valence-corrected chi connectivity index (χ1v) is 14.7. The minimum absolute atomic E-state index is 0.00901. The molecule has 3 saturated carbocycles. The Hall–Kier alpha value is -2.03. The van der Waals surface area contributed by atoms with Crippen molar-refractivity contribution < 1.29 is 14.7 Å². The summed E-state index contributed by atoms with van der Waals surface area (Å²) in [5.74, 6) is 1.97. The summed E-state index contributed by atoms with van der Waals surface area (Å²) in [6.45, 7) is 5.69. The molecule has 5 fully saturated rings. The number of rotatable bonds is 5. The molecule has 5 aliphatic rings. The second kappa shape index (κ2) is 9.07. The van der Waals surface area contributed by atoms with Crippen LogP contribution in [-0.2, 0) is 9.59 Å². The standard InChI is InChI=1S/C28H36N4O3S/c33-22-14-19-13-21(22)25-24(19)27(34)32(28(25)35)16-18-6-2-1-5-17(18)15-30-9-11-31(12-10-30)26-20-7-3-4-8-23(20)36-29-26/h3-4,7-8,17-19,21-22,24-25,33H,1-2,5-6,9-16H2/t17-,18-,19+,21-,22-,24-,25+/m0/s1. The van der Waals surface area contributed by atoms with Crippen LogP contribution < -0.4 is 4.90 Å². The van der Waals surface area contributed by atoms with Gasteiger partial charge in [-0.2, -0.15) is 4.37 Å². The van der Waals surface area contributed by atoms with Crippen molar-refractivity contribution in [2.24, 2.45) is 35.5 Å². The van der Waals surface area contributed by atoms with E-state index in [1.807, 2.05) is 0 Å². The summed E-state index contributed by atoms with van der Waals surface area (Å²) in [4.78, 5) is 33.3. The lowest BCUT2D eigenvalue weighted by atomic mass is 9.78. The Morgan fingerprint density at radius 2 is 1.64 bits per heavy atom. The lowest BCUT2D eigenvalue weighted by molar-refractivity contribution is -0.142. The van der Waals surface area contributed by atoms with E-state index < -0.39 is 6.10 Å². The fourth-order valence-electron chi connectivity index (χ4n) is 8.24. The van der Waals surface area contributed by atoms with Gasteiger partial charge in [0.1, 0.15) is 5.82 Å². The molecule has 2 amide bonds. The maximum atomic E-state index is 13.3. The first-order valence-electron chi connectivity index (χ1n) is 13.9. The van der Waals surface area contributed by atoms with Gasteiger partial charge in [-0.3, -0.25) is 19.4 Å². The van der Waals surface area contributed by atoms with Crippen molar-refractivity contribution in [1.29, 1.82) is 0 Å². The number of aliphatic hydroxyl groups is 1. The summed E-state index contributed by atoms with van der Waals surface area (Å²) in [6.07, 6.45) is 5.90.